The topological polar surface area (TPSA) is 34.1 Å². The predicted molar refractivity (Wildman–Crippen MR) is 152 cm³/mol. The SMILES string of the molecule is Cc1ccc(S(=O)(=O)c2ccc(C[P+](c3ccccc3)(c3ccccc3)c3ccccc3)cc2)cc1.[Br-]. The van der Waals surface area contributed by atoms with E-state index >= 15 is 0 Å². The van der Waals surface area contributed by atoms with E-state index in [1.807, 2.05) is 31.2 Å². The highest BCUT2D eigenvalue weighted by atomic mass is 79.9. The van der Waals surface area contributed by atoms with Crippen LogP contribution in [0, 0.1) is 6.92 Å². The molecule has 0 radical (unpaired) electrons. The lowest BCUT2D eigenvalue weighted by Gasteiger charge is -2.28. The lowest BCUT2D eigenvalue weighted by atomic mass is 10.2. The molecule has 0 aliphatic carbocycles. The number of sulfone groups is 1. The van der Waals surface area contributed by atoms with Crippen LogP contribution in [0.5, 0.6) is 0 Å². The van der Waals surface area contributed by atoms with Crippen LogP contribution in [0.2, 0.25) is 0 Å². The molecule has 2 nitrogen and oxygen atoms in total. The zero-order valence-corrected chi connectivity index (χ0v) is 23.8. The van der Waals surface area contributed by atoms with Crippen LogP contribution in [-0.4, -0.2) is 8.42 Å². The molecule has 0 aromatic heterocycles. The highest BCUT2D eigenvalue weighted by Crippen LogP contribution is 2.58. The molecule has 0 aliphatic heterocycles. The summed E-state index contributed by atoms with van der Waals surface area (Å²) in [7, 11) is -5.61. The second kappa shape index (κ2) is 11.6. The third-order valence-electron chi connectivity index (χ3n) is 6.58. The number of hydrogen-bond donors (Lipinski definition) is 0. The number of rotatable bonds is 7. The van der Waals surface area contributed by atoms with Crippen LogP contribution >= 0.6 is 7.26 Å². The summed E-state index contributed by atoms with van der Waals surface area (Å²) in [5.74, 6) is 0. The van der Waals surface area contributed by atoms with Gasteiger partial charge in [0.15, 0.2) is 0 Å². The van der Waals surface area contributed by atoms with Gasteiger partial charge < -0.3 is 17.0 Å². The normalized spacial score (nSPS) is 11.5. The monoisotopic (exact) mass is 586 g/mol. The minimum Gasteiger partial charge on any atom is -1.00 e. The molecule has 5 aromatic carbocycles. The van der Waals surface area contributed by atoms with Crippen molar-refractivity contribution in [3.8, 4) is 0 Å². The second-order valence-electron chi connectivity index (χ2n) is 8.93. The molecule has 5 aromatic rings. The zero-order chi connectivity index (χ0) is 25.0. The maximum Gasteiger partial charge on any atom is 0.206 e. The first-order valence-electron chi connectivity index (χ1n) is 12.0. The molecule has 0 heterocycles. The minimum absolute atomic E-state index is 0. The lowest BCUT2D eigenvalue weighted by molar-refractivity contribution is -0.00000947. The fourth-order valence-corrected chi connectivity index (χ4v) is 10.2. The molecule has 37 heavy (non-hydrogen) atoms. The Labute approximate surface area is 231 Å². The third kappa shape index (κ3) is 5.48. The fourth-order valence-electron chi connectivity index (χ4n) is 4.67. The van der Waals surface area contributed by atoms with Crippen LogP contribution < -0.4 is 32.9 Å². The summed E-state index contributed by atoms with van der Waals surface area (Å²) in [6, 6.07) is 46.6. The smallest absolute Gasteiger partial charge is 0.206 e. The molecule has 0 saturated heterocycles. The van der Waals surface area contributed by atoms with Crippen molar-refractivity contribution in [1.29, 1.82) is 0 Å². The third-order valence-corrected chi connectivity index (χ3v) is 12.7. The molecule has 0 spiro atoms. The molecular weight excluding hydrogens is 559 g/mol. The largest absolute Gasteiger partial charge is 1.00 e. The van der Waals surface area contributed by atoms with Gasteiger partial charge in [-0.25, -0.2) is 8.42 Å². The summed E-state index contributed by atoms with van der Waals surface area (Å²) in [4.78, 5) is 0.638. The summed E-state index contributed by atoms with van der Waals surface area (Å²) in [5.41, 5.74) is 2.15. The van der Waals surface area contributed by atoms with E-state index in [0.29, 0.717) is 9.79 Å². The number of hydrogen-bond acceptors (Lipinski definition) is 2. The molecule has 5 rings (SSSR count). The average molecular weight is 588 g/mol. The summed E-state index contributed by atoms with van der Waals surface area (Å²) in [6.45, 7) is 1.95. The highest BCUT2D eigenvalue weighted by Gasteiger charge is 2.45. The van der Waals surface area contributed by atoms with Crippen LogP contribution in [0.4, 0.5) is 0 Å². The van der Waals surface area contributed by atoms with Gasteiger partial charge in [0.25, 0.3) is 0 Å². The molecule has 5 heteroatoms. The second-order valence-corrected chi connectivity index (χ2v) is 14.4. The Bertz CT molecular complexity index is 1440. The van der Waals surface area contributed by atoms with Gasteiger partial charge in [-0.05, 0) is 73.2 Å². The predicted octanol–water partition coefficient (Wildman–Crippen LogP) is 3.33. The van der Waals surface area contributed by atoms with E-state index in [1.165, 1.54) is 15.9 Å². The maximum atomic E-state index is 13.2. The van der Waals surface area contributed by atoms with E-state index in [0.717, 1.165) is 17.3 Å². The Kier molecular flexibility index (Phi) is 8.44. The van der Waals surface area contributed by atoms with Gasteiger partial charge >= 0.3 is 0 Å². The molecule has 0 aliphatic rings. The molecule has 0 saturated carbocycles. The van der Waals surface area contributed by atoms with E-state index < -0.39 is 17.1 Å². The Morgan fingerprint density at radius 3 is 1.24 bits per heavy atom. The Morgan fingerprint density at radius 1 is 0.514 bits per heavy atom. The van der Waals surface area contributed by atoms with Crippen molar-refractivity contribution in [1.82, 2.24) is 0 Å². The molecule has 186 valence electrons. The highest BCUT2D eigenvalue weighted by molar-refractivity contribution is 7.95. The Balaban J connectivity index is 0.00000320. The van der Waals surface area contributed by atoms with Crippen LogP contribution in [-0.2, 0) is 16.0 Å². The number of aryl methyl sites for hydroxylation is 1. The molecule has 0 atom stereocenters. The fraction of sp³-hybridized carbons (Fsp3) is 0.0625. The van der Waals surface area contributed by atoms with Gasteiger partial charge in [-0.2, -0.15) is 0 Å². The van der Waals surface area contributed by atoms with Gasteiger partial charge in [0.1, 0.15) is 23.2 Å². The Morgan fingerprint density at radius 2 is 0.865 bits per heavy atom. The molecule has 0 bridgehead atoms. The van der Waals surface area contributed by atoms with Crippen molar-refractivity contribution in [3.05, 3.63) is 151 Å². The van der Waals surface area contributed by atoms with Crippen molar-refractivity contribution < 1.29 is 25.4 Å². The Hall–Kier alpha value is -3.04. The van der Waals surface area contributed by atoms with Gasteiger partial charge in [0, 0.05) is 0 Å². The first-order valence-corrected chi connectivity index (χ1v) is 15.4. The van der Waals surface area contributed by atoms with Gasteiger partial charge in [-0.15, -0.1) is 0 Å². The van der Waals surface area contributed by atoms with Crippen molar-refractivity contribution in [2.24, 2.45) is 0 Å². The average Bonchev–Trinajstić information content (AvgIpc) is 2.94. The summed E-state index contributed by atoms with van der Waals surface area (Å²) >= 11 is 0. The number of benzene rings is 5. The quantitative estimate of drug-likeness (QED) is 0.274. The van der Waals surface area contributed by atoms with E-state index in [2.05, 4.69) is 91.0 Å². The van der Waals surface area contributed by atoms with Crippen molar-refractivity contribution in [2.45, 2.75) is 22.9 Å². The standard InChI is InChI=1S/C32H28O2PS.BrH/c1-26-17-21-31(22-18-26)36(33,34)32-23-19-27(20-24-32)25-35(28-11-5-2-6-12-28,29-13-7-3-8-14-29)30-15-9-4-10-16-30;/h2-24H,25H2,1H3;1H/q+1;/p-1. The van der Waals surface area contributed by atoms with Crippen LogP contribution in [0.3, 0.4) is 0 Å². The summed E-state index contributed by atoms with van der Waals surface area (Å²) < 4.78 is 26.4. The molecule has 0 amide bonds. The molecule has 0 unspecified atom stereocenters. The van der Waals surface area contributed by atoms with Crippen molar-refractivity contribution >= 4 is 33.0 Å². The van der Waals surface area contributed by atoms with Gasteiger partial charge in [-0.3, -0.25) is 0 Å². The van der Waals surface area contributed by atoms with Gasteiger partial charge in [-0.1, -0.05) is 84.4 Å². The van der Waals surface area contributed by atoms with Crippen molar-refractivity contribution in [2.75, 3.05) is 0 Å². The van der Waals surface area contributed by atoms with E-state index in [1.54, 1.807) is 24.3 Å². The first-order chi connectivity index (χ1) is 17.5. The lowest BCUT2D eigenvalue weighted by Crippen LogP contribution is -3.00. The summed E-state index contributed by atoms with van der Waals surface area (Å²) in [5, 5.41) is 3.91. The zero-order valence-electron chi connectivity index (χ0n) is 20.5. The summed E-state index contributed by atoms with van der Waals surface area (Å²) in [6.07, 6.45) is 0.801. The van der Waals surface area contributed by atoms with E-state index in [4.69, 9.17) is 0 Å². The van der Waals surface area contributed by atoms with E-state index in [9.17, 15) is 8.42 Å². The molecule has 0 fully saturated rings. The number of halogens is 1. The van der Waals surface area contributed by atoms with Gasteiger partial charge in [0.2, 0.25) is 9.84 Å². The first kappa shape index (κ1) is 27.0. The van der Waals surface area contributed by atoms with Crippen LogP contribution in [0.15, 0.2) is 149 Å². The van der Waals surface area contributed by atoms with Crippen LogP contribution in [0.25, 0.3) is 0 Å². The van der Waals surface area contributed by atoms with Crippen LogP contribution in [0.1, 0.15) is 11.1 Å². The van der Waals surface area contributed by atoms with Gasteiger partial charge in [0.05, 0.1) is 16.0 Å². The van der Waals surface area contributed by atoms with Crippen molar-refractivity contribution in [3.63, 3.8) is 0 Å². The minimum atomic E-state index is -3.56. The van der Waals surface area contributed by atoms with E-state index in [-0.39, 0.29) is 17.0 Å². The molecular formula is C32H28BrO2PS. The molecule has 0 N–H and O–H groups in total. The maximum absolute atomic E-state index is 13.2.